The van der Waals surface area contributed by atoms with Crippen LogP contribution in [0.5, 0.6) is 0 Å². The molecule has 126 valence electrons. The van der Waals surface area contributed by atoms with Gasteiger partial charge in [-0.05, 0) is 43.5 Å². The predicted octanol–water partition coefficient (Wildman–Crippen LogP) is 1.07. The molecule has 23 heavy (non-hydrogen) atoms. The summed E-state index contributed by atoms with van der Waals surface area (Å²) in [5, 5.41) is 0. The number of benzene rings is 1. The van der Waals surface area contributed by atoms with Crippen LogP contribution >= 0.6 is 0 Å². The Balaban J connectivity index is 1.57. The maximum absolute atomic E-state index is 13.0. The van der Waals surface area contributed by atoms with E-state index in [0.717, 1.165) is 32.0 Å². The second-order valence-corrected chi connectivity index (χ2v) is 8.40. The van der Waals surface area contributed by atoms with Gasteiger partial charge in [-0.15, -0.1) is 0 Å². The summed E-state index contributed by atoms with van der Waals surface area (Å²) in [5.41, 5.74) is 0. The zero-order valence-corrected chi connectivity index (χ0v) is 14.1. The number of piperazine rings is 1. The molecule has 1 heterocycles. The topological polar surface area (TPSA) is 41.8 Å². The number of allylic oxidation sites excluding steroid dienone is 2. The molecule has 0 saturated carbocycles. The van der Waals surface area contributed by atoms with E-state index in [2.05, 4.69) is 12.2 Å². The van der Waals surface area contributed by atoms with Crippen LogP contribution in [0.1, 0.15) is 19.3 Å². The Hall–Kier alpha value is -1.24. The number of quaternary nitrogens is 1. The molecule has 1 atom stereocenters. The van der Waals surface area contributed by atoms with Crippen LogP contribution in [0.15, 0.2) is 41.3 Å². The first-order chi connectivity index (χ1) is 11.1. The van der Waals surface area contributed by atoms with Crippen molar-refractivity contribution in [3.05, 3.63) is 42.2 Å². The zero-order chi connectivity index (χ0) is 16.3. The maximum Gasteiger partial charge on any atom is 0.243 e. The van der Waals surface area contributed by atoms with Crippen molar-refractivity contribution < 1.29 is 17.7 Å². The molecule has 1 aliphatic heterocycles. The van der Waals surface area contributed by atoms with Crippen LogP contribution < -0.4 is 4.90 Å². The molecule has 1 aliphatic carbocycles. The number of hydrogen-bond acceptors (Lipinski definition) is 2. The molecule has 0 bridgehead atoms. The normalized spacial score (nSPS) is 24.0. The second-order valence-electron chi connectivity index (χ2n) is 6.46. The van der Waals surface area contributed by atoms with Gasteiger partial charge in [0.25, 0.3) is 0 Å². The molecule has 3 rings (SSSR count). The molecule has 1 aromatic carbocycles. The molecule has 0 aromatic heterocycles. The summed E-state index contributed by atoms with van der Waals surface area (Å²) in [5.74, 6) is 0.315. The van der Waals surface area contributed by atoms with Gasteiger partial charge in [-0.3, -0.25) is 0 Å². The third-order valence-corrected chi connectivity index (χ3v) is 6.75. The Morgan fingerprint density at radius 3 is 2.43 bits per heavy atom. The van der Waals surface area contributed by atoms with Gasteiger partial charge >= 0.3 is 0 Å². The van der Waals surface area contributed by atoms with E-state index in [1.807, 2.05) is 0 Å². The molecule has 1 aromatic rings. The highest BCUT2D eigenvalue weighted by Gasteiger charge is 2.31. The van der Waals surface area contributed by atoms with Gasteiger partial charge < -0.3 is 4.90 Å². The first kappa shape index (κ1) is 16.6. The van der Waals surface area contributed by atoms with Crippen molar-refractivity contribution in [3.8, 4) is 0 Å². The summed E-state index contributed by atoms with van der Waals surface area (Å²) < 4.78 is 39.7. The van der Waals surface area contributed by atoms with E-state index >= 15 is 0 Å². The number of hydrogen-bond donors (Lipinski definition) is 1. The van der Waals surface area contributed by atoms with Crippen molar-refractivity contribution in [1.29, 1.82) is 0 Å². The monoisotopic (exact) mass is 339 g/mol. The largest absolute Gasteiger partial charge is 0.333 e. The number of sulfonamides is 1. The fourth-order valence-corrected chi connectivity index (χ4v) is 4.89. The van der Waals surface area contributed by atoms with Crippen LogP contribution in [0.25, 0.3) is 0 Å². The van der Waals surface area contributed by atoms with Crippen LogP contribution in [0.4, 0.5) is 4.39 Å². The highest BCUT2D eigenvalue weighted by atomic mass is 32.2. The summed E-state index contributed by atoms with van der Waals surface area (Å²) in [6.45, 7) is 3.91. The first-order valence-electron chi connectivity index (χ1n) is 8.30. The van der Waals surface area contributed by atoms with Crippen LogP contribution in [-0.4, -0.2) is 45.4 Å². The Kier molecular flexibility index (Phi) is 5.14. The predicted molar refractivity (Wildman–Crippen MR) is 87.2 cm³/mol. The smallest absolute Gasteiger partial charge is 0.243 e. The third-order valence-electron chi connectivity index (χ3n) is 4.84. The average molecular weight is 339 g/mol. The molecular formula is C17H24FN2O2S+. The van der Waals surface area contributed by atoms with Crippen molar-refractivity contribution in [3.63, 3.8) is 0 Å². The SMILES string of the molecule is O=S(=O)(c1ccc(F)cc1)N1CC[NH+](C[C@H]2CC=CCC2)CC1. The summed E-state index contributed by atoms with van der Waals surface area (Å²) in [6.07, 6.45) is 8.09. The zero-order valence-electron chi connectivity index (χ0n) is 13.2. The average Bonchev–Trinajstić information content (AvgIpc) is 2.57. The van der Waals surface area contributed by atoms with Gasteiger partial charge in [-0.1, -0.05) is 12.2 Å². The van der Waals surface area contributed by atoms with E-state index in [9.17, 15) is 12.8 Å². The van der Waals surface area contributed by atoms with Gasteiger partial charge in [-0.2, -0.15) is 4.31 Å². The molecule has 0 amide bonds. The van der Waals surface area contributed by atoms with Crippen molar-refractivity contribution in [2.45, 2.75) is 24.2 Å². The standard InChI is InChI=1S/C17H23FN2O2S/c18-16-6-8-17(9-7-16)23(21,22)20-12-10-19(11-13-20)14-15-4-2-1-3-5-15/h1-2,6-9,15H,3-5,10-14H2/p+1/t15-/m0/s1. The van der Waals surface area contributed by atoms with E-state index in [1.54, 1.807) is 0 Å². The van der Waals surface area contributed by atoms with Crippen LogP contribution in [0.3, 0.4) is 0 Å². The summed E-state index contributed by atoms with van der Waals surface area (Å²) in [6, 6.07) is 5.09. The van der Waals surface area contributed by atoms with Gasteiger partial charge in [0.1, 0.15) is 5.82 Å². The van der Waals surface area contributed by atoms with E-state index in [-0.39, 0.29) is 4.90 Å². The minimum absolute atomic E-state index is 0.180. The third kappa shape index (κ3) is 4.00. The van der Waals surface area contributed by atoms with Crippen molar-refractivity contribution in [1.82, 2.24) is 4.31 Å². The Morgan fingerprint density at radius 2 is 1.83 bits per heavy atom. The lowest BCUT2D eigenvalue weighted by Crippen LogP contribution is -3.15. The van der Waals surface area contributed by atoms with Gasteiger partial charge in [0.2, 0.25) is 10.0 Å². The van der Waals surface area contributed by atoms with Gasteiger partial charge in [0, 0.05) is 5.92 Å². The fourth-order valence-electron chi connectivity index (χ4n) is 3.45. The van der Waals surface area contributed by atoms with E-state index < -0.39 is 15.8 Å². The molecule has 1 saturated heterocycles. The maximum atomic E-state index is 13.0. The van der Waals surface area contributed by atoms with Crippen molar-refractivity contribution in [2.24, 2.45) is 5.92 Å². The molecule has 4 nitrogen and oxygen atoms in total. The Labute approximate surface area is 137 Å². The lowest BCUT2D eigenvalue weighted by atomic mass is 9.94. The minimum Gasteiger partial charge on any atom is -0.333 e. The second kappa shape index (κ2) is 7.11. The highest BCUT2D eigenvalue weighted by molar-refractivity contribution is 7.89. The molecule has 1 N–H and O–H groups in total. The molecule has 1 fully saturated rings. The molecule has 6 heteroatoms. The molecule has 0 spiro atoms. The first-order valence-corrected chi connectivity index (χ1v) is 9.74. The highest BCUT2D eigenvalue weighted by Crippen LogP contribution is 2.17. The molecule has 0 unspecified atom stereocenters. The van der Waals surface area contributed by atoms with Gasteiger partial charge in [0.05, 0.1) is 37.6 Å². The van der Waals surface area contributed by atoms with Crippen molar-refractivity contribution >= 4 is 10.0 Å². The Bertz CT molecular complexity index is 650. The number of nitrogens with zero attached hydrogens (tertiary/aromatic N) is 1. The summed E-state index contributed by atoms with van der Waals surface area (Å²) >= 11 is 0. The lowest BCUT2D eigenvalue weighted by molar-refractivity contribution is -0.907. The Morgan fingerprint density at radius 1 is 1.13 bits per heavy atom. The molecular weight excluding hydrogens is 315 g/mol. The van der Waals surface area contributed by atoms with Gasteiger partial charge in [-0.25, -0.2) is 12.8 Å². The lowest BCUT2D eigenvalue weighted by Gasteiger charge is -2.33. The quantitative estimate of drug-likeness (QED) is 0.834. The van der Waals surface area contributed by atoms with E-state index in [4.69, 9.17) is 0 Å². The summed E-state index contributed by atoms with van der Waals surface area (Å²) in [4.78, 5) is 1.68. The van der Waals surface area contributed by atoms with E-state index in [1.165, 1.54) is 46.3 Å². The van der Waals surface area contributed by atoms with Crippen LogP contribution in [-0.2, 0) is 10.0 Å². The van der Waals surface area contributed by atoms with Crippen molar-refractivity contribution in [2.75, 3.05) is 32.7 Å². The number of rotatable bonds is 4. The van der Waals surface area contributed by atoms with Gasteiger partial charge in [0.15, 0.2) is 0 Å². The fraction of sp³-hybridized carbons (Fsp3) is 0.529. The molecule has 0 radical (unpaired) electrons. The summed E-state index contributed by atoms with van der Waals surface area (Å²) in [7, 11) is -3.49. The minimum atomic E-state index is -3.49. The molecule has 2 aliphatic rings. The van der Waals surface area contributed by atoms with Crippen LogP contribution in [0.2, 0.25) is 0 Å². The number of halogens is 1. The van der Waals surface area contributed by atoms with Crippen LogP contribution in [0, 0.1) is 11.7 Å². The van der Waals surface area contributed by atoms with E-state index in [0.29, 0.717) is 13.1 Å². The number of nitrogens with one attached hydrogen (secondary N) is 1.